The van der Waals surface area contributed by atoms with E-state index in [9.17, 15) is 19.2 Å². The number of nitrogens with zero attached hydrogens (tertiary/aromatic N) is 8. The molecule has 0 unspecified atom stereocenters. The molecule has 356 valence electrons. The van der Waals surface area contributed by atoms with Gasteiger partial charge in [0.2, 0.25) is 5.91 Å². The molecule has 4 atom stereocenters. The number of aryl methyl sites for hydroxylation is 1. The highest BCUT2D eigenvalue weighted by Gasteiger charge is 2.39. The summed E-state index contributed by atoms with van der Waals surface area (Å²) >= 11 is 1.44. The van der Waals surface area contributed by atoms with Crippen LogP contribution < -0.4 is 15.6 Å². The minimum atomic E-state index is -1.03. The van der Waals surface area contributed by atoms with E-state index in [4.69, 9.17) is 19.4 Å². The molecule has 3 aromatic heterocycles. The van der Waals surface area contributed by atoms with Crippen LogP contribution in [0.1, 0.15) is 83.2 Å². The number of anilines is 1. The Bertz CT molecular complexity index is 2440. The number of likely N-dealkylation sites (tertiary alicyclic amines) is 1. The van der Waals surface area contributed by atoms with E-state index < -0.39 is 35.4 Å². The highest BCUT2D eigenvalue weighted by molar-refractivity contribution is 7.10. The zero-order chi connectivity index (χ0) is 47.0. The van der Waals surface area contributed by atoms with Crippen LogP contribution in [-0.2, 0) is 43.2 Å². The van der Waals surface area contributed by atoms with Crippen molar-refractivity contribution in [2.24, 2.45) is 11.3 Å². The number of pyridine rings is 1. The lowest BCUT2D eigenvalue weighted by Gasteiger charge is -2.39. The van der Waals surface area contributed by atoms with E-state index in [0.717, 1.165) is 83.0 Å². The molecule has 4 amide bonds. The molecule has 16 nitrogen and oxygen atoms in total. The predicted octanol–water partition coefficient (Wildman–Crippen LogP) is 5.74. The summed E-state index contributed by atoms with van der Waals surface area (Å²) in [6.45, 7) is 18.5. The number of piperazine rings is 1. The summed E-state index contributed by atoms with van der Waals surface area (Å²) < 4.78 is 14.5. The molecule has 1 aromatic carbocycles. The van der Waals surface area contributed by atoms with Crippen molar-refractivity contribution in [3.8, 4) is 22.5 Å². The Morgan fingerprint density at radius 3 is 2.50 bits per heavy atom. The van der Waals surface area contributed by atoms with Gasteiger partial charge in [-0.15, -0.1) is 11.3 Å². The molecule has 2 N–H and O–H groups in total. The number of aromatic nitrogens is 3. The number of rotatable bonds is 9. The zero-order valence-corrected chi connectivity index (χ0v) is 41.0. The number of likely N-dealkylation sites (N-methyl/N-ethyl adjacent to an activating group) is 2. The van der Waals surface area contributed by atoms with Crippen LogP contribution in [0.3, 0.4) is 0 Å². The molecule has 0 aliphatic carbocycles. The normalized spacial score (nSPS) is 21.6. The number of ether oxygens (including phenoxy) is 2. The Morgan fingerprint density at radius 2 is 1.82 bits per heavy atom. The van der Waals surface area contributed by atoms with Gasteiger partial charge in [-0.25, -0.2) is 15.2 Å². The molecule has 66 heavy (non-hydrogen) atoms. The van der Waals surface area contributed by atoms with Crippen LogP contribution in [0.15, 0.2) is 35.8 Å². The van der Waals surface area contributed by atoms with Gasteiger partial charge in [-0.3, -0.25) is 24.4 Å². The number of methoxy groups -OCH3 is 1. The van der Waals surface area contributed by atoms with Crippen molar-refractivity contribution in [2.75, 3.05) is 78.5 Å². The molecule has 3 fully saturated rings. The molecule has 6 bridgehead atoms. The van der Waals surface area contributed by atoms with Crippen molar-refractivity contribution in [1.29, 1.82) is 0 Å². The second-order valence-electron chi connectivity index (χ2n) is 19.7. The third kappa shape index (κ3) is 9.67. The summed E-state index contributed by atoms with van der Waals surface area (Å²) in [4.78, 5) is 74.4. The minimum Gasteiger partial charge on any atom is -0.464 e. The first-order valence-corrected chi connectivity index (χ1v) is 24.6. The number of carbonyl (C=O) groups is 4. The molecule has 3 saturated heterocycles. The van der Waals surface area contributed by atoms with Gasteiger partial charge in [-0.2, -0.15) is 0 Å². The van der Waals surface area contributed by atoms with E-state index in [2.05, 4.69) is 77.2 Å². The lowest BCUT2D eigenvalue weighted by Crippen LogP contribution is -2.62. The maximum absolute atomic E-state index is 14.6. The van der Waals surface area contributed by atoms with Crippen LogP contribution in [0, 0.1) is 11.3 Å². The maximum atomic E-state index is 14.6. The predicted molar refractivity (Wildman–Crippen MR) is 257 cm³/mol. The van der Waals surface area contributed by atoms with Gasteiger partial charge < -0.3 is 39.0 Å². The fourth-order valence-electron chi connectivity index (χ4n) is 9.87. The number of nitrogens with one attached hydrogen (secondary N) is 2. The summed E-state index contributed by atoms with van der Waals surface area (Å²) in [5.41, 5.74) is 10.6. The van der Waals surface area contributed by atoms with Crippen molar-refractivity contribution in [1.82, 2.24) is 45.0 Å². The molecule has 4 aliphatic rings. The van der Waals surface area contributed by atoms with Gasteiger partial charge >= 0.3 is 12.0 Å². The monoisotopic (exact) mass is 925 g/mol. The molecular weight excluding hydrogens is 857 g/mol. The number of hydrogen-bond acceptors (Lipinski definition) is 12. The molecule has 8 rings (SSSR count). The number of esters is 1. The molecule has 17 heteroatoms. The molecular formula is C49H68N10O6S. The molecule has 0 spiro atoms. The fraction of sp³-hybridized carbons (Fsp3) is 0.592. The highest BCUT2D eigenvalue weighted by Crippen LogP contribution is 2.43. The first kappa shape index (κ1) is 47.4. The third-order valence-corrected chi connectivity index (χ3v) is 14.7. The van der Waals surface area contributed by atoms with Crippen LogP contribution in [0.4, 0.5) is 10.5 Å². The van der Waals surface area contributed by atoms with Crippen LogP contribution in [-0.4, -0.2) is 150 Å². The number of thiazole rings is 1. The summed E-state index contributed by atoms with van der Waals surface area (Å²) in [7, 11) is 5.53. The van der Waals surface area contributed by atoms with Gasteiger partial charge in [0.15, 0.2) is 0 Å². The molecule has 0 radical (unpaired) electrons. The number of amides is 4. The lowest BCUT2D eigenvalue weighted by atomic mass is 9.84. The number of hydrazine groups is 1. The number of benzene rings is 1. The largest absolute Gasteiger partial charge is 0.464 e. The Kier molecular flexibility index (Phi) is 14.1. The van der Waals surface area contributed by atoms with Crippen LogP contribution in [0.5, 0.6) is 0 Å². The van der Waals surface area contributed by atoms with E-state index in [1.54, 1.807) is 19.1 Å². The van der Waals surface area contributed by atoms with Crippen molar-refractivity contribution >= 4 is 51.7 Å². The highest BCUT2D eigenvalue weighted by atomic mass is 32.1. The van der Waals surface area contributed by atoms with Gasteiger partial charge in [-0.05, 0) is 76.3 Å². The van der Waals surface area contributed by atoms with E-state index in [1.807, 2.05) is 32.3 Å². The van der Waals surface area contributed by atoms with Crippen LogP contribution >= 0.6 is 11.3 Å². The zero-order valence-electron chi connectivity index (χ0n) is 40.2. The fourth-order valence-corrected chi connectivity index (χ4v) is 10.7. The Morgan fingerprint density at radius 1 is 1.06 bits per heavy atom. The van der Waals surface area contributed by atoms with Crippen molar-refractivity contribution < 1.29 is 28.7 Å². The average Bonchev–Trinajstić information content (AvgIpc) is 3.88. The summed E-state index contributed by atoms with van der Waals surface area (Å²) in [6.07, 6.45) is 4.40. The molecule has 7 heterocycles. The van der Waals surface area contributed by atoms with E-state index in [-0.39, 0.29) is 37.0 Å². The lowest BCUT2D eigenvalue weighted by molar-refractivity contribution is -0.155. The second-order valence-corrected chi connectivity index (χ2v) is 20.6. The topological polar surface area (TPSA) is 158 Å². The average molecular weight is 925 g/mol. The van der Waals surface area contributed by atoms with Gasteiger partial charge in [0, 0.05) is 106 Å². The van der Waals surface area contributed by atoms with Gasteiger partial charge in [0.05, 0.1) is 46.7 Å². The van der Waals surface area contributed by atoms with Crippen molar-refractivity contribution in [3.63, 3.8) is 0 Å². The van der Waals surface area contributed by atoms with Crippen LogP contribution in [0.25, 0.3) is 33.4 Å². The first-order chi connectivity index (χ1) is 31.6. The molecule has 4 aliphatic heterocycles. The minimum absolute atomic E-state index is 0.117. The van der Waals surface area contributed by atoms with Crippen molar-refractivity contribution in [2.45, 2.75) is 104 Å². The quantitative estimate of drug-likeness (QED) is 0.198. The third-order valence-electron chi connectivity index (χ3n) is 13.8. The van der Waals surface area contributed by atoms with Gasteiger partial charge in [0.1, 0.15) is 18.1 Å². The Balaban J connectivity index is 1.22. The van der Waals surface area contributed by atoms with Crippen molar-refractivity contribution in [3.05, 3.63) is 52.1 Å². The standard InChI is InChI=1S/C49H68N10O6S/c1-10-58-40-15-14-32-23-34(40)36(44(58)35-24-33(27-50-42(35)31(4)64-9)56-21-19-54(7)20-22-56)26-49(5,6)29-65-47(62)37-13-11-18-59(53-37)46(61)38(25-41-51-39(32)28-66-41)52-45(60)43(30(2)3)55(8)48(63)57-16-12-17-57/h14-15,23-24,27-28,30-31,37-38,43,53H,10-13,16-22,25-26,29H2,1-9H3,(H,52,60)/t31-,37-,38-,43-/m0/s1. The smallest absolute Gasteiger partial charge is 0.324 e. The maximum Gasteiger partial charge on any atom is 0.324 e. The van der Waals surface area contributed by atoms with E-state index in [0.29, 0.717) is 50.4 Å². The first-order valence-electron chi connectivity index (χ1n) is 23.7. The number of carbonyl (C=O) groups excluding carboxylic acids is 4. The Labute approximate surface area is 392 Å². The van der Waals surface area contributed by atoms with E-state index >= 15 is 0 Å². The SMILES string of the molecule is CCn1c(-c2cc(N3CCN(C)CC3)cnc2[C@H](C)OC)c2c3cc(ccc31)-c1csc(n1)C[C@H](NC(=O)[C@H](C(C)C)N(C)C(=O)N1CCC1)C(=O)N1CCC[C@H](N1)C(=O)OCC(C)(C)C2. The Hall–Kier alpha value is -5.10. The number of hydrogen-bond donors (Lipinski definition) is 2. The molecule has 4 aromatic rings. The van der Waals surface area contributed by atoms with Gasteiger partial charge in [-0.1, -0.05) is 33.8 Å². The van der Waals surface area contributed by atoms with Crippen LogP contribution in [0.2, 0.25) is 0 Å². The second kappa shape index (κ2) is 19.6. The molecule has 0 saturated carbocycles. The van der Waals surface area contributed by atoms with E-state index in [1.165, 1.54) is 21.2 Å². The number of cyclic esters (lactones) is 1. The van der Waals surface area contributed by atoms with Gasteiger partial charge in [0.25, 0.3) is 5.91 Å². The number of urea groups is 1. The summed E-state index contributed by atoms with van der Waals surface area (Å²) in [5, 5.41) is 8.24. The summed E-state index contributed by atoms with van der Waals surface area (Å²) in [6, 6.07) is 5.96. The summed E-state index contributed by atoms with van der Waals surface area (Å²) in [5.74, 6) is -1.47. The number of fused-ring (bicyclic) bond motifs is 6.